The second-order valence-electron chi connectivity index (χ2n) is 3.77. The molecule has 0 aliphatic heterocycles. The molecule has 0 aliphatic rings. The molecule has 0 saturated carbocycles. The number of nitrogen functional groups attached to an aromatic ring is 2. The van der Waals surface area contributed by atoms with Crippen molar-refractivity contribution in [2.75, 3.05) is 11.5 Å². The highest BCUT2D eigenvalue weighted by molar-refractivity contribution is 6.05. The summed E-state index contributed by atoms with van der Waals surface area (Å²) in [6, 6.07) is 12.1. The second-order valence-corrected chi connectivity index (χ2v) is 3.77. The third kappa shape index (κ3) is 1.16. The number of nitrogens with one attached hydrogen (secondary N) is 1. The van der Waals surface area contributed by atoms with Crippen LogP contribution in [0.15, 0.2) is 36.4 Å². The van der Waals surface area contributed by atoms with Crippen molar-refractivity contribution in [2.24, 2.45) is 0 Å². The average molecular weight is 211 g/mol. The van der Waals surface area contributed by atoms with Crippen LogP contribution in [0.4, 0.5) is 11.6 Å². The number of rotatable bonds is 0. The van der Waals surface area contributed by atoms with Crippen molar-refractivity contribution in [1.82, 2.24) is 5.10 Å². The van der Waals surface area contributed by atoms with Gasteiger partial charge in [0.25, 0.3) is 5.82 Å². The molecule has 0 spiro atoms. The van der Waals surface area contributed by atoms with E-state index in [-0.39, 0.29) is 0 Å². The number of benzene rings is 2. The predicted molar refractivity (Wildman–Crippen MR) is 64.6 cm³/mol. The van der Waals surface area contributed by atoms with Crippen molar-refractivity contribution in [2.45, 2.75) is 0 Å². The van der Waals surface area contributed by atoms with Crippen LogP contribution in [0.2, 0.25) is 0 Å². The lowest BCUT2D eigenvalue weighted by Crippen LogP contribution is -2.17. The zero-order valence-electron chi connectivity index (χ0n) is 8.57. The topological polar surface area (TPSA) is 79.1 Å². The van der Waals surface area contributed by atoms with Gasteiger partial charge in [-0.3, -0.25) is 5.73 Å². The van der Waals surface area contributed by atoms with Crippen molar-refractivity contribution in [1.29, 1.82) is 0 Å². The van der Waals surface area contributed by atoms with Gasteiger partial charge in [0.15, 0.2) is 5.82 Å². The normalized spacial score (nSPS) is 11.0. The van der Waals surface area contributed by atoms with Crippen LogP contribution in [0.1, 0.15) is 0 Å². The molecule has 0 radical (unpaired) electrons. The number of anilines is 2. The molecule has 4 nitrogen and oxygen atoms in total. The third-order valence-electron chi connectivity index (χ3n) is 2.75. The summed E-state index contributed by atoms with van der Waals surface area (Å²) in [6.45, 7) is 0. The quantitative estimate of drug-likeness (QED) is 0.551. The number of nitrogens with zero attached hydrogens (tertiary/aromatic N) is 1. The highest BCUT2D eigenvalue weighted by Crippen LogP contribution is 2.26. The molecule has 16 heavy (non-hydrogen) atoms. The Kier molecular flexibility index (Phi) is 1.71. The van der Waals surface area contributed by atoms with Crippen LogP contribution >= 0.6 is 0 Å². The van der Waals surface area contributed by atoms with Gasteiger partial charge in [-0.05, 0) is 22.9 Å². The Labute approximate surface area is 91.9 Å². The Morgan fingerprint density at radius 2 is 1.56 bits per heavy atom. The van der Waals surface area contributed by atoms with Gasteiger partial charge < -0.3 is 5.73 Å². The van der Waals surface area contributed by atoms with Gasteiger partial charge in [0.05, 0.1) is 5.39 Å². The summed E-state index contributed by atoms with van der Waals surface area (Å²) >= 11 is 0. The van der Waals surface area contributed by atoms with Gasteiger partial charge >= 0.3 is 0 Å². The van der Waals surface area contributed by atoms with Crippen molar-refractivity contribution in [3.8, 4) is 0 Å². The lowest BCUT2D eigenvalue weighted by atomic mass is 10.1. The van der Waals surface area contributed by atoms with Crippen LogP contribution in [0.5, 0.6) is 0 Å². The number of aromatic amines is 1. The maximum Gasteiger partial charge on any atom is 0.298 e. The molecule has 0 unspecified atom stereocenters. The molecule has 78 valence electrons. The fourth-order valence-corrected chi connectivity index (χ4v) is 1.92. The molecule has 4 heteroatoms. The maximum atomic E-state index is 5.84. The molecule has 1 aromatic heterocycles. The summed E-state index contributed by atoms with van der Waals surface area (Å²) in [5, 5.41) is 10.7. The van der Waals surface area contributed by atoms with Crippen LogP contribution in [0.3, 0.4) is 0 Å². The van der Waals surface area contributed by atoms with Crippen LogP contribution in [0.25, 0.3) is 21.5 Å². The SMILES string of the molecule is Nc1n[nH+]c(N)c2cc3ccccc3cc12. The summed E-state index contributed by atoms with van der Waals surface area (Å²) < 4.78 is 0. The number of nitrogens with two attached hydrogens (primary N) is 2. The third-order valence-corrected chi connectivity index (χ3v) is 2.75. The molecule has 0 aliphatic carbocycles. The Morgan fingerprint density at radius 1 is 0.938 bits per heavy atom. The minimum Gasteiger partial charge on any atom is -0.380 e. The summed E-state index contributed by atoms with van der Waals surface area (Å²) in [5.41, 5.74) is 11.7. The summed E-state index contributed by atoms with van der Waals surface area (Å²) in [5.74, 6) is 1.00. The van der Waals surface area contributed by atoms with Gasteiger partial charge in [-0.1, -0.05) is 29.4 Å². The van der Waals surface area contributed by atoms with Gasteiger partial charge in [-0.15, -0.1) is 5.10 Å². The van der Waals surface area contributed by atoms with E-state index < -0.39 is 0 Å². The first kappa shape index (κ1) is 8.91. The second kappa shape index (κ2) is 3.06. The van der Waals surface area contributed by atoms with Crippen LogP contribution in [-0.4, -0.2) is 5.10 Å². The smallest absolute Gasteiger partial charge is 0.298 e. The number of H-pyrrole nitrogens is 1. The minimum absolute atomic E-state index is 0.468. The summed E-state index contributed by atoms with van der Waals surface area (Å²) in [6.07, 6.45) is 0. The van der Waals surface area contributed by atoms with Gasteiger partial charge in [0.2, 0.25) is 0 Å². The molecule has 5 N–H and O–H groups in total. The number of hydrogen-bond acceptors (Lipinski definition) is 3. The molecule has 2 aromatic carbocycles. The van der Waals surface area contributed by atoms with Gasteiger partial charge in [0.1, 0.15) is 0 Å². The molecule has 0 saturated heterocycles. The highest BCUT2D eigenvalue weighted by atomic mass is 15.2. The summed E-state index contributed by atoms with van der Waals surface area (Å²) in [4.78, 5) is 0. The van der Waals surface area contributed by atoms with Gasteiger partial charge in [0, 0.05) is 5.39 Å². The zero-order chi connectivity index (χ0) is 11.1. The van der Waals surface area contributed by atoms with Crippen molar-refractivity contribution in [3.05, 3.63) is 36.4 Å². The van der Waals surface area contributed by atoms with Gasteiger partial charge in [-0.25, -0.2) is 0 Å². The van der Waals surface area contributed by atoms with Crippen LogP contribution in [-0.2, 0) is 0 Å². The van der Waals surface area contributed by atoms with Crippen molar-refractivity contribution >= 4 is 33.2 Å². The molecule has 0 amide bonds. The van der Waals surface area contributed by atoms with E-state index in [1.165, 1.54) is 0 Å². The number of aromatic nitrogens is 2. The first-order chi connectivity index (χ1) is 7.75. The molecule has 3 rings (SSSR count). The largest absolute Gasteiger partial charge is 0.380 e. The minimum atomic E-state index is 0.468. The average Bonchev–Trinajstić information content (AvgIpc) is 2.32. The number of fused-ring (bicyclic) bond motifs is 2. The van der Waals surface area contributed by atoms with Crippen LogP contribution in [0, 0.1) is 0 Å². The van der Waals surface area contributed by atoms with E-state index in [1.807, 2.05) is 36.4 Å². The Hall–Kier alpha value is -2.36. The number of hydrogen-bond donors (Lipinski definition) is 2. The van der Waals surface area contributed by atoms with E-state index in [0.717, 1.165) is 21.5 Å². The van der Waals surface area contributed by atoms with E-state index in [9.17, 15) is 0 Å². The Bertz CT molecular complexity index is 631. The van der Waals surface area contributed by atoms with Crippen LogP contribution < -0.4 is 16.6 Å². The first-order valence-corrected chi connectivity index (χ1v) is 5.01. The first-order valence-electron chi connectivity index (χ1n) is 5.01. The maximum absolute atomic E-state index is 5.84. The van der Waals surface area contributed by atoms with Gasteiger partial charge in [-0.2, -0.15) is 0 Å². The molecular formula is C12H11N4+. The van der Waals surface area contributed by atoms with Crippen molar-refractivity contribution in [3.63, 3.8) is 0 Å². The fourth-order valence-electron chi connectivity index (χ4n) is 1.92. The molecule has 1 heterocycles. The highest BCUT2D eigenvalue weighted by Gasteiger charge is 2.09. The standard InChI is InChI=1S/C12H10N4/c13-11-9-5-7-3-1-2-4-8(7)6-10(9)12(14)16-15-11/h1-6H,(H2,13,15)(H2,14,16)/p+1. The molecule has 0 bridgehead atoms. The lowest BCUT2D eigenvalue weighted by Gasteiger charge is -2.02. The van der Waals surface area contributed by atoms with Crippen molar-refractivity contribution < 1.29 is 5.10 Å². The Balaban J connectivity index is 2.56. The lowest BCUT2D eigenvalue weighted by molar-refractivity contribution is -0.435. The molecule has 3 aromatic rings. The predicted octanol–water partition coefficient (Wildman–Crippen LogP) is 1.37. The van der Waals surface area contributed by atoms with E-state index in [1.54, 1.807) is 0 Å². The molecule has 0 atom stereocenters. The molecular weight excluding hydrogens is 200 g/mol. The van der Waals surface area contributed by atoms with E-state index in [4.69, 9.17) is 11.5 Å². The van der Waals surface area contributed by atoms with E-state index in [2.05, 4.69) is 10.2 Å². The zero-order valence-corrected chi connectivity index (χ0v) is 8.57. The van der Waals surface area contributed by atoms with E-state index >= 15 is 0 Å². The summed E-state index contributed by atoms with van der Waals surface area (Å²) in [7, 11) is 0. The fraction of sp³-hybridized carbons (Fsp3) is 0. The Morgan fingerprint density at radius 3 is 2.25 bits per heavy atom. The van der Waals surface area contributed by atoms with E-state index in [0.29, 0.717) is 11.6 Å². The monoisotopic (exact) mass is 211 g/mol. The molecule has 0 fully saturated rings.